The lowest BCUT2D eigenvalue weighted by molar-refractivity contribution is -0.150. The molecule has 70 valence electrons. The number of nitrogens with zero attached hydrogens (tertiary/aromatic N) is 1. The van der Waals surface area contributed by atoms with Gasteiger partial charge in [-0.3, -0.25) is 4.79 Å². The maximum absolute atomic E-state index is 10.9. The van der Waals surface area contributed by atoms with Crippen LogP contribution in [0.25, 0.3) is 0 Å². The van der Waals surface area contributed by atoms with Gasteiger partial charge in [0.25, 0.3) is 0 Å². The second kappa shape index (κ2) is 4.45. The highest BCUT2D eigenvalue weighted by molar-refractivity contribution is 5.69. The molecular weight excluding hydrogens is 153 g/mol. The van der Waals surface area contributed by atoms with Crippen LogP contribution in [0.3, 0.4) is 0 Å². The number of hydrogen-bond acceptors (Lipinski definition) is 3. The highest BCUT2D eigenvalue weighted by Crippen LogP contribution is 2.12. The summed E-state index contributed by atoms with van der Waals surface area (Å²) in [6, 6.07) is 0. The van der Waals surface area contributed by atoms with E-state index in [0.29, 0.717) is 6.42 Å². The van der Waals surface area contributed by atoms with Gasteiger partial charge in [-0.1, -0.05) is 6.92 Å². The fourth-order valence-corrected chi connectivity index (χ4v) is 1.37. The Labute approximate surface area is 73.7 Å². The molecule has 0 aromatic rings. The monoisotopic (exact) mass is 170 g/mol. The van der Waals surface area contributed by atoms with E-state index in [-0.39, 0.29) is 12.1 Å². The van der Waals surface area contributed by atoms with Gasteiger partial charge >= 0.3 is 5.97 Å². The summed E-state index contributed by atoms with van der Waals surface area (Å²) in [5, 5.41) is 0. The van der Waals surface area contributed by atoms with Gasteiger partial charge in [0, 0.05) is 19.5 Å². The predicted octanol–water partition coefficient (Wildman–Crippen LogP) is 1.03. The molecule has 1 saturated heterocycles. The van der Waals surface area contributed by atoms with Gasteiger partial charge in [-0.2, -0.15) is 0 Å². The molecule has 0 aromatic heterocycles. The molecular formula is C9H17NO2. The minimum absolute atomic E-state index is 0.0652. The zero-order valence-corrected chi connectivity index (χ0v) is 7.88. The molecule has 1 fully saturated rings. The van der Waals surface area contributed by atoms with Crippen LogP contribution in [0.5, 0.6) is 0 Å². The van der Waals surface area contributed by atoms with E-state index in [1.165, 1.54) is 0 Å². The highest BCUT2D eigenvalue weighted by atomic mass is 16.5. The first kappa shape index (κ1) is 9.52. The summed E-state index contributed by atoms with van der Waals surface area (Å²) in [6.07, 6.45) is 2.64. The Morgan fingerprint density at radius 2 is 2.08 bits per heavy atom. The molecule has 0 bridgehead atoms. The van der Waals surface area contributed by atoms with E-state index < -0.39 is 0 Å². The van der Waals surface area contributed by atoms with Gasteiger partial charge in [0.15, 0.2) is 0 Å². The van der Waals surface area contributed by atoms with Crippen molar-refractivity contribution in [1.82, 2.24) is 4.90 Å². The second-order valence-electron chi connectivity index (χ2n) is 3.35. The number of hydrogen-bond donors (Lipinski definition) is 0. The SMILES string of the molecule is CCC(=O)OC1CCN([11CH3])CC1. The van der Waals surface area contributed by atoms with E-state index >= 15 is 0 Å². The van der Waals surface area contributed by atoms with Crippen molar-refractivity contribution in [3.8, 4) is 0 Å². The Balaban J connectivity index is 2.21. The molecule has 0 atom stereocenters. The molecule has 0 N–H and O–H groups in total. The number of esters is 1. The van der Waals surface area contributed by atoms with Crippen molar-refractivity contribution in [1.29, 1.82) is 0 Å². The Hall–Kier alpha value is -0.570. The van der Waals surface area contributed by atoms with Gasteiger partial charge in [-0.25, -0.2) is 0 Å². The lowest BCUT2D eigenvalue weighted by Crippen LogP contribution is -2.35. The first-order valence-electron chi connectivity index (χ1n) is 4.60. The quantitative estimate of drug-likeness (QED) is 0.580. The van der Waals surface area contributed by atoms with E-state index in [9.17, 15) is 4.79 Å². The molecule has 1 heterocycles. The van der Waals surface area contributed by atoms with Gasteiger partial charge < -0.3 is 9.64 Å². The third kappa shape index (κ3) is 2.81. The van der Waals surface area contributed by atoms with E-state index in [1.54, 1.807) is 0 Å². The first-order chi connectivity index (χ1) is 5.72. The Bertz CT molecular complexity index is 151. The number of ether oxygens (including phenoxy) is 1. The fourth-order valence-electron chi connectivity index (χ4n) is 1.37. The molecule has 0 aliphatic carbocycles. The summed E-state index contributed by atoms with van der Waals surface area (Å²) in [5.41, 5.74) is 0. The summed E-state index contributed by atoms with van der Waals surface area (Å²) in [6.45, 7) is 3.92. The number of likely N-dealkylation sites (tertiary alicyclic amines) is 1. The van der Waals surface area contributed by atoms with Crippen molar-refractivity contribution in [2.45, 2.75) is 32.3 Å². The van der Waals surface area contributed by atoms with Crippen molar-refractivity contribution in [3.63, 3.8) is 0 Å². The summed E-state index contributed by atoms with van der Waals surface area (Å²) < 4.78 is 5.22. The van der Waals surface area contributed by atoms with E-state index in [1.807, 2.05) is 6.92 Å². The van der Waals surface area contributed by atoms with E-state index in [2.05, 4.69) is 11.9 Å². The predicted molar refractivity (Wildman–Crippen MR) is 46.9 cm³/mol. The Morgan fingerprint density at radius 1 is 1.50 bits per heavy atom. The molecule has 3 heteroatoms. The fraction of sp³-hybridized carbons (Fsp3) is 0.889. The number of piperidine rings is 1. The summed E-state index contributed by atoms with van der Waals surface area (Å²) in [5.74, 6) is -0.0652. The summed E-state index contributed by atoms with van der Waals surface area (Å²) >= 11 is 0. The van der Waals surface area contributed by atoms with Gasteiger partial charge in [0.1, 0.15) is 6.10 Å². The van der Waals surface area contributed by atoms with Crippen molar-refractivity contribution in [3.05, 3.63) is 0 Å². The molecule has 0 saturated carbocycles. The van der Waals surface area contributed by atoms with Crippen molar-refractivity contribution in [2.24, 2.45) is 0 Å². The third-order valence-corrected chi connectivity index (χ3v) is 2.25. The molecule has 0 unspecified atom stereocenters. The largest absolute Gasteiger partial charge is 0.462 e. The van der Waals surface area contributed by atoms with Crippen LogP contribution in [-0.4, -0.2) is 37.1 Å². The van der Waals surface area contributed by atoms with Gasteiger partial charge in [0.05, 0.1) is 0 Å². The van der Waals surface area contributed by atoms with E-state index in [0.717, 1.165) is 25.9 Å². The highest BCUT2D eigenvalue weighted by Gasteiger charge is 2.19. The van der Waals surface area contributed by atoms with Gasteiger partial charge in [-0.15, -0.1) is 0 Å². The lowest BCUT2D eigenvalue weighted by atomic mass is 10.1. The van der Waals surface area contributed by atoms with Crippen LogP contribution in [0.4, 0.5) is 0 Å². The lowest BCUT2D eigenvalue weighted by Gasteiger charge is -2.28. The van der Waals surface area contributed by atoms with Gasteiger partial charge in [-0.05, 0) is 19.9 Å². The molecule has 1 rings (SSSR count). The maximum Gasteiger partial charge on any atom is 0.305 e. The molecule has 12 heavy (non-hydrogen) atoms. The molecule has 1 aliphatic rings. The van der Waals surface area contributed by atoms with Gasteiger partial charge in [0.2, 0.25) is 0 Å². The third-order valence-electron chi connectivity index (χ3n) is 2.25. The molecule has 0 spiro atoms. The van der Waals surface area contributed by atoms with E-state index in [4.69, 9.17) is 4.74 Å². The van der Waals surface area contributed by atoms with Crippen LogP contribution in [0, 0.1) is 0 Å². The standard InChI is InChI=1S/C9H17NO2/c1-3-9(11)12-8-4-6-10(2)7-5-8/h8H,3-7H2,1-2H3/i2-1. The van der Waals surface area contributed by atoms with Crippen molar-refractivity contribution < 1.29 is 9.53 Å². The zero-order chi connectivity index (χ0) is 8.97. The van der Waals surface area contributed by atoms with Crippen molar-refractivity contribution in [2.75, 3.05) is 20.1 Å². The minimum Gasteiger partial charge on any atom is -0.462 e. The normalized spacial score (nSPS) is 20.8. The zero-order valence-electron chi connectivity index (χ0n) is 7.88. The minimum atomic E-state index is -0.0652. The number of rotatable bonds is 2. The van der Waals surface area contributed by atoms with Crippen molar-refractivity contribution >= 4 is 5.97 Å². The van der Waals surface area contributed by atoms with Crippen LogP contribution >= 0.6 is 0 Å². The summed E-state index contributed by atoms with van der Waals surface area (Å²) in [4.78, 5) is 13.2. The first-order valence-corrected chi connectivity index (χ1v) is 4.60. The molecule has 0 amide bonds. The van der Waals surface area contributed by atoms with Crippen LogP contribution in [0.1, 0.15) is 26.2 Å². The number of carbonyl (C=O) groups excluding carboxylic acids is 1. The topological polar surface area (TPSA) is 29.5 Å². The average molecular weight is 170 g/mol. The second-order valence-corrected chi connectivity index (χ2v) is 3.35. The van der Waals surface area contributed by atoms with Crippen LogP contribution in [0.15, 0.2) is 0 Å². The molecule has 1 aliphatic heterocycles. The summed E-state index contributed by atoms with van der Waals surface area (Å²) in [7, 11) is 2.10. The number of carbonyl (C=O) groups is 1. The average Bonchev–Trinajstić information content (AvgIpc) is 2.09. The Kier molecular flexibility index (Phi) is 3.53. The van der Waals surface area contributed by atoms with Crippen LogP contribution in [0.2, 0.25) is 0 Å². The molecule has 0 radical (unpaired) electrons. The Morgan fingerprint density at radius 3 is 2.58 bits per heavy atom. The maximum atomic E-state index is 10.9. The molecule has 0 aromatic carbocycles. The smallest absolute Gasteiger partial charge is 0.305 e. The molecule has 3 nitrogen and oxygen atoms in total. The van der Waals surface area contributed by atoms with Crippen LogP contribution in [-0.2, 0) is 9.53 Å². The van der Waals surface area contributed by atoms with Crippen LogP contribution < -0.4 is 0 Å².